The Morgan fingerprint density at radius 3 is 2.45 bits per heavy atom. The molecule has 0 bridgehead atoms. The fourth-order valence-electron chi connectivity index (χ4n) is 3.63. The monoisotopic (exact) mass is 519 g/mol. The van der Waals surface area contributed by atoms with Crippen molar-refractivity contribution in [2.45, 2.75) is 27.0 Å². The second-order valence-electron chi connectivity index (χ2n) is 8.10. The molecule has 2 heterocycles. The average molecular weight is 520 g/mol. The molecule has 0 aliphatic rings. The average Bonchev–Trinajstić information content (AvgIpc) is 3.59. The molecule has 0 spiro atoms. The van der Waals surface area contributed by atoms with Crippen molar-refractivity contribution in [2.24, 2.45) is 0 Å². The molecule has 198 valence electrons. The molecule has 0 aliphatic heterocycles. The number of methoxy groups -OCH3 is 1. The Morgan fingerprint density at radius 1 is 0.947 bits per heavy atom. The molecule has 2 aromatic heterocycles. The molecule has 0 fully saturated rings. The van der Waals surface area contributed by atoms with Crippen LogP contribution in [-0.2, 0) is 17.9 Å². The van der Waals surface area contributed by atoms with Gasteiger partial charge in [-0.25, -0.2) is 4.79 Å². The van der Waals surface area contributed by atoms with Crippen LogP contribution in [-0.4, -0.2) is 42.0 Å². The number of carbonyl (C=O) groups excluding carboxylic acids is 2. The normalized spacial score (nSPS) is 10.6. The van der Waals surface area contributed by atoms with Gasteiger partial charge >= 0.3 is 5.97 Å². The molecule has 10 nitrogen and oxygen atoms in total. The molecule has 0 radical (unpaired) electrons. The molecule has 1 N–H and O–H groups in total. The fraction of sp³-hybridized carbons (Fsp3) is 0.250. The molecule has 2 aromatic carbocycles. The van der Waals surface area contributed by atoms with Crippen LogP contribution in [0.2, 0.25) is 0 Å². The summed E-state index contributed by atoms with van der Waals surface area (Å²) in [5, 5.41) is 7.12. The Bertz CT molecular complexity index is 1380. The Hall–Kier alpha value is -4.73. The van der Waals surface area contributed by atoms with Crippen LogP contribution >= 0.6 is 0 Å². The van der Waals surface area contributed by atoms with Crippen LogP contribution in [0.1, 0.15) is 46.1 Å². The standard InChI is InChI=1S/C28H29N3O7/c1-4-35-24-12-6-19(14-26(24)36-5-2)16-31-17-21(15-29-31)30-27(32)25-13-11-23(38-25)18-37-22-9-7-20(8-10-22)28(33)34-3/h6-15,17H,4-5,16,18H2,1-3H3,(H,30,32). The van der Waals surface area contributed by atoms with Crippen molar-refractivity contribution in [2.75, 3.05) is 25.6 Å². The van der Waals surface area contributed by atoms with E-state index in [4.69, 9.17) is 18.6 Å². The van der Waals surface area contributed by atoms with Gasteiger partial charge in [-0.1, -0.05) is 6.07 Å². The maximum Gasteiger partial charge on any atom is 0.337 e. The van der Waals surface area contributed by atoms with E-state index in [-0.39, 0.29) is 12.4 Å². The smallest absolute Gasteiger partial charge is 0.337 e. The number of esters is 1. The van der Waals surface area contributed by atoms with Crippen LogP contribution in [0, 0.1) is 0 Å². The Morgan fingerprint density at radius 2 is 1.71 bits per heavy atom. The van der Waals surface area contributed by atoms with E-state index in [2.05, 4.69) is 15.2 Å². The van der Waals surface area contributed by atoms with Gasteiger partial charge < -0.3 is 28.7 Å². The number of hydrogen-bond donors (Lipinski definition) is 1. The number of furan rings is 1. The van der Waals surface area contributed by atoms with E-state index in [9.17, 15) is 9.59 Å². The van der Waals surface area contributed by atoms with Gasteiger partial charge in [0.25, 0.3) is 5.91 Å². The summed E-state index contributed by atoms with van der Waals surface area (Å²) >= 11 is 0. The van der Waals surface area contributed by atoms with Crippen molar-refractivity contribution in [3.05, 3.63) is 89.6 Å². The van der Waals surface area contributed by atoms with E-state index in [0.717, 1.165) is 5.56 Å². The Balaban J connectivity index is 1.31. The number of anilines is 1. The van der Waals surface area contributed by atoms with Crippen LogP contribution in [0.5, 0.6) is 17.2 Å². The van der Waals surface area contributed by atoms with E-state index in [1.807, 2.05) is 32.0 Å². The largest absolute Gasteiger partial charge is 0.490 e. The number of amides is 1. The first-order valence-corrected chi connectivity index (χ1v) is 12.1. The maximum absolute atomic E-state index is 12.7. The highest BCUT2D eigenvalue weighted by Gasteiger charge is 2.14. The van der Waals surface area contributed by atoms with Crippen molar-refractivity contribution in [1.29, 1.82) is 0 Å². The Kier molecular flexibility index (Phi) is 8.65. The van der Waals surface area contributed by atoms with Crippen LogP contribution in [0.4, 0.5) is 5.69 Å². The SMILES string of the molecule is CCOc1ccc(Cn2cc(NC(=O)c3ccc(COc4ccc(C(=O)OC)cc4)o3)cn2)cc1OCC. The second-order valence-corrected chi connectivity index (χ2v) is 8.10. The van der Waals surface area contributed by atoms with Crippen LogP contribution in [0.15, 0.2) is 71.4 Å². The van der Waals surface area contributed by atoms with Gasteiger partial charge in [0.1, 0.15) is 18.1 Å². The predicted octanol–water partition coefficient (Wildman–Crippen LogP) is 4.94. The third-order valence-electron chi connectivity index (χ3n) is 5.39. The zero-order chi connectivity index (χ0) is 26.9. The maximum atomic E-state index is 12.7. The lowest BCUT2D eigenvalue weighted by atomic mass is 10.2. The molecule has 0 atom stereocenters. The summed E-state index contributed by atoms with van der Waals surface area (Å²) in [5.41, 5.74) is 1.94. The molecular formula is C28H29N3O7. The van der Waals surface area contributed by atoms with Gasteiger partial charge in [0.05, 0.1) is 44.3 Å². The minimum absolute atomic E-state index is 0.120. The minimum atomic E-state index is -0.421. The summed E-state index contributed by atoms with van der Waals surface area (Å²) in [4.78, 5) is 24.2. The first-order chi connectivity index (χ1) is 18.5. The third kappa shape index (κ3) is 6.73. The number of nitrogens with one attached hydrogen (secondary N) is 1. The quantitative estimate of drug-likeness (QED) is 0.262. The molecule has 0 unspecified atom stereocenters. The Labute approximate surface area is 220 Å². The number of benzene rings is 2. The molecule has 0 saturated carbocycles. The zero-order valence-corrected chi connectivity index (χ0v) is 21.4. The van der Waals surface area contributed by atoms with Crippen molar-refractivity contribution in [3.8, 4) is 17.2 Å². The molecule has 0 aliphatic carbocycles. The van der Waals surface area contributed by atoms with Gasteiger partial charge in [-0.05, 0) is 67.9 Å². The van der Waals surface area contributed by atoms with E-state index in [0.29, 0.717) is 54.0 Å². The number of hydrogen-bond acceptors (Lipinski definition) is 8. The molecule has 1 amide bonds. The predicted molar refractivity (Wildman–Crippen MR) is 139 cm³/mol. The van der Waals surface area contributed by atoms with Gasteiger partial charge in [0.2, 0.25) is 0 Å². The summed E-state index contributed by atoms with van der Waals surface area (Å²) in [5.74, 6) is 1.73. The summed E-state index contributed by atoms with van der Waals surface area (Å²) in [6, 6.07) is 15.5. The molecule has 4 aromatic rings. The van der Waals surface area contributed by atoms with Crippen molar-refractivity contribution >= 4 is 17.6 Å². The van der Waals surface area contributed by atoms with Crippen molar-refractivity contribution in [3.63, 3.8) is 0 Å². The van der Waals surface area contributed by atoms with Crippen LogP contribution in [0.25, 0.3) is 0 Å². The summed E-state index contributed by atoms with van der Waals surface area (Å²) in [7, 11) is 1.32. The van der Waals surface area contributed by atoms with Gasteiger partial charge in [-0.2, -0.15) is 5.10 Å². The van der Waals surface area contributed by atoms with E-state index in [1.165, 1.54) is 7.11 Å². The number of aromatic nitrogens is 2. The lowest BCUT2D eigenvalue weighted by molar-refractivity contribution is 0.0600. The van der Waals surface area contributed by atoms with Gasteiger partial charge in [-0.3, -0.25) is 9.48 Å². The number of carbonyl (C=O) groups is 2. The van der Waals surface area contributed by atoms with Gasteiger partial charge in [-0.15, -0.1) is 0 Å². The summed E-state index contributed by atoms with van der Waals surface area (Å²) in [6.45, 7) is 5.55. The number of nitrogens with zero attached hydrogens (tertiary/aromatic N) is 2. The third-order valence-corrected chi connectivity index (χ3v) is 5.39. The highest BCUT2D eigenvalue weighted by Crippen LogP contribution is 2.29. The van der Waals surface area contributed by atoms with Crippen LogP contribution < -0.4 is 19.5 Å². The van der Waals surface area contributed by atoms with Gasteiger partial charge in [0, 0.05) is 6.20 Å². The van der Waals surface area contributed by atoms with E-state index >= 15 is 0 Å². The highest BCUT2D eigenvalue weighted by atomic mass is 16.5. The fourth-order valence-corrected chi connectivity index (χ4v) is 3.63. The molecule has 10 heteroatoms. The van der Waals surface area contributed by atoms with E-state index in [1.54, 1.807) is 53.5 Å². The second kappa shape index (κ2) is 12.5. The highest BCUT2D eigenvalue weighted by molar-refractivity contribution is 6.02. The summed E-state index contributed by atoms with van der Waals surface area (Å²) in [6.07, 6.45) is 3.31. The summed E-state index contributed by atoms with van der Waals surface area (Å²) < 4.78 is 29.0. The lowest BCUT2D eigenvalue weighted by Gasteiger charge is -2.12. The van der Waals surface area contributed by atoms with E-state index < -0.39 is 11.9 Å². The lowest BCUT2D eigenvalue weighted by Crippen LogP contribution is -2.10. The topological polar surface area (TPSA) is 114 Å². The van der Waals surface area contributed by atoms with Crippen LogP contribution in [0.3, 0.4) is 0 Å². The molecule has 38 heavy (non-hydrogen) atoms. The molecule has 4 rings (SSSR count). The zero-order valence-electron chi connectivity index (χ0n) is 21.4. The van der Waals surface area contributed by atoms with Crippen molar-refractivity contribution < 1.29 is 33.0 Å². The minimum Gasteiger partial charge on any atom is -0.490 e. The number of rotatable bonds is 12. The van der Waals surface area contributed by atoms with Gasteiger partial charge in [0.15, 0.2) is 17.3 Å². The first-order valence-electron chi connectivity index (χ1n) is 12.1. The first kappa shape index (κ1) is 26.3. The molecular weight excluding hydrogens is 490 g/mol. The van der Waals surface area contributed by atoms with Crippen molar-refractivity contribution in [1.82, 2.24) is 9.78 Å². The molecule has 0 saturated heterocycles. The number of ether oxygens (including phenoxy) is 4.